The van der Waals surface area contributed by atoms with Crippen molar-refractivity contribution in [3.05, 3.63) is 72.1 Å². The fraction of sp³-hybridized carbons (Fsp3) is 0.211. The molecule has 6 heteroatoms. The van der Waals surface area contributed by atoms with E-state index in [1.807, 2.05) is 60.7 Å². The van der Waals surface area contributed by atoms with E-state index in [1.54, 1.807) is 4.90 Å². The lowest BCUT2D eigenvalue weighted by Crippen LogP contribution is -2.42. The van der Waals surface area contributed by atoms with Gasteiger partial charge in [0.15, 0.2) is 6.10 Å². The number of benzene rings is 2. The first kappa shape index (κ1) is 15.5. The Kier molecular flexibility index (Phi) is 4.26. The molecule has 0 bridgehead atoms. The zero-order valence-corrected chi connectivity index (χ0v) is 13.5. The molecule has 0 radical (unpaired) electrons. The van der Waals surface area contributed by atoms with Crippen molar-refractivity contribution in [3.8, 4) is 11.4 Å². The van der Waals surface area contributed by atoms with Crippen molar-refractivity contribution in [2.75, 3.05) is 19.7 Å². The Morgan fingerprint density at radius 1 is 1.04 bits per heavy atom. The third-order valence-electron chi connectivity index (χ3n) is 4.12. The quantitative estimate of drug-likeness (QED) is 0.736. The summed E-state index contributed by atoms with van der Waals surface area (Å²) in [7, 11) is 0. The van der Waals surface area contributed by atoms with Crippen molar-refractivity contribution in [1.29, 1.82) is 0 Å². The minimum absolute atomic E-state index is 0.0169. The summed E-state index contributed by atoms with van der Waals surface area (Å²) in [5.41, 5.74) is 1.55. The van der Waals surface area contributed by atoms with Crippen LogP contribution in [0.1, 0.15) is 22.4 Å². The van der Waals surface area contributed by atoms with Crippen molar-refractivity contribution in [2.24, 2.45) is 0 Å². The minimum Gasteiger partial charge on any atom is -0.365 e. The Hall–Kier alpha value is -2.99. The molecule has 1 aliphatic heterocycles. The number of morpholine rings is 1. The third kappa shape index (κ3) is 3.29. The summed E-state index contributed by atoms with van der Waals surface area (Å²) in [5, 5.41) is 4.02. The molecule has 1 saturated heterocycles. The second kappa shape index (κ2) is 6.86. The van der Waals surface area contributed by atoms with Crippen molar-refractivity contribution in [1.82, 2.24) is 15.0 Å². The first-order chi connectivity index (χ1) is 12.3. The molecule has 0 saturated carbocycles. The first-order valence-corrected chi connectivity index (χ1v) is 8.16. The molecule has 126 valence electrons. The van der Waals surface area contributed by atoms with Crippen molar-refractivity contribution >= 4 is 5.91 Å². The standard InChI is InChI=1S/C19H17N3O3/c23-19(15-9-5-2-6-10-15)22-11-12-24-16(13-22)18-20-17(21-25-18)14-7-3-1-4-8-14/h1-10,16H,11-13H2/t16-/m0/s1. The molecule has 1 atom stereocenters. The first-order valence-electron chi connectivity index (χ1n) is 8.16. The van der Waals surface area contributed by atoms with Gasteiger partial charge in [-0.05, 0) is 12.1 Å². The number of hydrogen-bond donors (Lipinski definition) is 0. The molecule has 0 N–H and O–H groups in total. The van der Waals surface area contributed by atoms with Crippen LogP contribution in [0, 0.1) is 0 Å². The van der Waals surface area contributed by atoms with Crippen LogP contribution in [0.25, 0.3) is 11.4 Å². The van der Waals surface area contributed by atoms with Gasteiger partial charge in [-0.2, -0.15) is 4.98 Å². The number of hydrogen-bond acceptors (Lipinski definition) is 5. The number of nitrogens with zero attached hydrogens (tertiary/aromatic N) is 3. The molecule has 3 aromatic rings. The highest BCUT2D eigenvalue weighted by Crippen LogP contribution is 2.24. The van der Waals surface area contributed by atoms with Crippen LogP contribution in [0.3, 0.4) is 0 Å². The SMILES string of the molecule is O=C(c1ccccc1)N1CCO[C@H](c2nc(-c3ccccc3)no2)C1. The Bertz CT molecular complexity index is 849. The van der Waals surface area contributed by atoms with Crippen LogP contribution >= 0.6 is 0 Å². The number of carbonyl (C=O) groups excluding carboxylic acids is 1. The van der Waals surface area contributed by atoms with Crippen LogP contribution in [-0.4, -0.2) is 40.6 Å². The van der Waals surface area contributed by atoms with E-state index in [9.17, 15) is 4.79 Å². The molecular weight excluding hydrogens is 318 g/mol. The van der Waals surface area contributed by atoms with Gasteiger partial charge in [0.05, 0.1) is 13.2 Å². The Balaban J connectivity index is 1.50. The maximum atomic E-state index is 12.6. The number of aromatic nitrogens is 2. The topological polar surface area (TPSA) is 68.5 Å². The minimum atomic E-state index is -0.411. The molecule has 0 aliphatic carbocycles. The van der Waals surface area contributed by atoms with E-state index in [4.69, 9.17) is 9.26 Å². The summed E-state index contributed by atoms with van der Waals surface area (Å²) in [6.45, 7) is 1.38. The Labute approximate surface area is 145 Å². The Morgan fingerprint density at radius 3 is 2.52 bits per heavy atom. The summed E-state index contributed by atoms with van der Waals surface area (Å²) in [5.74, 6) is 0.895. The lowest BCUT2D eigenvalue weighted by atomic mass is 10.1. The summed E-state index contributed by atoms with van der Waals surface area (Å²) < 4.78 is 11.1. The highest BCUT2D eigenvalue weighted by molar-refractivity contribution is 5.94. The molecule has 25 heavy (non-hydrogen) atoms. The van der Waals surface area contributed by atoms with Gasteiger partial charge < -0.3 is 14.2 Å². The second-order valence-electron chi connectivity index (χ2n) is 5.80. The van der Waals surface area contributed by atoms with E-state index in [0.717, 1.165) is 5.56 Å². The van der Waals surface area contributed by atoms with Gasteiger partial charge in [-0.15, -0.1) is 0 Å². The predicted molar refractivity (Wildman–Crippen MR) is 90.8 cm³/mol. The van der Waals surface area contributed by atoms with E-state index in [2.05, 4.69) is 10.1 Å². The molecule has 2 heterocycles. The monoisotopic (exact) mass is 335 g/mol. The average molecular weight is 335 g/mol. The smallest absolute Gasteiger partial charge is 0.257 e. The maximum absolute atomic E-state index is 12.6. The third-order valence-corrected chi connectivity index (χ3v) is 4.12. The van der Waals surface area contributed by atoms with Gasteiger partial charge >= 0.3 is 0 Å². The van der Waals surface area contributed by atoms with Gasteiger partial charge in [-0.3, -0.25) is 4.79 Å². The van der Waals surface area contributed by atoms with Crippen molar-refractivity contribution < 1.29 is 14.1 Å². The van der Waals surface area contributed by atoms with Gasteiger partial charge in [0.2, 0.25) is 5.82 Å². The molecule has 0 unspecified atom stereocenters. The van der Waals surface area contributed by atoms with Crippen LogP contribution in [0.2, 0.25) is 0 Å². The highest BCUT2D eigenvalue weighted by Gasteiger charge is 2.30. The molecule has 1 fully saturated rings. The molecule has 2 aromatic carbocycles. The highest BCUT2D eigenvalue weighted by atomic mass is 16.5. The normalized spacial score (nSPS) is 17.4. The summed E-state index contributed by atoms with van der Waals surface area (Å²) in [4.78, 5) is 18.8. The van der Waals surface area contributed by atoms with E-state index in [1.165, 1.54) is 0 Å². The largest absolute Gasteiger partial charge is 0.365 e. The molecule has 1 aliphatic rings. The lowest BCUT2D eigenvalue weighted by Gasteiger charge is -2.31. The molecule has 0 spiro atoms. The van der Waals surface area contributed by atoms with Crippen molar-refractivity contribution in [2.45, 2.75) is 6.10 Å². The van der Waals surface area contributed by atoms with Gasteiger partial charge in [-0.1, -0.05) is 53.7 Å². The fourth-order valence-corrected chi connectivity index (χ4v) is 2.82. The molecule has 1 aromatic heterocycles. The van der Waals surface area contributed by atoms with Gasteiger partial charge in [0, 0.05) is 17.7 Å². The number of amides is 1. The number of carbonyl (C=O) groups is 1. The maximum Gasteiger partial charge on any atom is 0.257 e. The zero-order valence-electron chi connectivity index (χ0n) is 13.5. The van der Waals surface area contributed by atoms with E-state index >= 15 is 0 Å². The average Bonchev–Trinajstić information content (AvgIpc) is 3.19. The lowest BCUT2D eigenvalue weighted by molar-refractivity contribution is -0.0367. The van der Waals surface area contributed by atoms with Crippen LogP contribution in [0.15, 0.2) is 65.2 Å². The van der Waals surface area contributed by atoms with Gasteiger partial charge in [-0.25, -0.2) is 0 Å². The van der Waals surface area contributed by atoms with E-state index < -0.39 is 6.10 Å². The number of ether oxygens (including phenoxy) is 1. The molecule has 4 rings (SSSR count). The van der Waals surface area contributed by atoms with Gasteiger partial charge in [0.1, 0.15) is 0 Å². The van der Waals surface area contributed by atoms with E-state index in [-0.39, 0.29) is 5.91 Å². The number of rotatable bonds is 3. The van der Waals surface area contributed by atoms with Crippen LogP contribution in [-0.2, 0) is 4.74 Å². The van der Waals surface area contributed by atoms with Crippen LogP contribution in [0.5, 0.6) is 0 Å². The summed E-state index contributed by atoms with van der Waals surface area (Å²) in [6, 6.07) is 18.8. The van der Waals surface area contributed by atoms with Crippen molar-refractivity contribution in [3.63, 3.8) is 0 Å². The summed E-state index contributed by atoms with van der Waals surface area (Å²) >= 11 is 0. The zero-order chi connectivity index (χ0) is 17.1. The van der Waals surface area contributed by atoms with E-state index in [0.29, 0.717) is 37.0 Å². The van der Waals surface area contributed by atoms with Gasteiger partial charge in [0.25, 0.3) is 11.8 Å². The predicted octanol–water partition coefficient (Wildman–Crippen LogP) is 2.95. The summed E-state index contributed by atoms with van der Waals surface area (Å²) in [6.07, 6.45) is -0.411. The fourth-order valence-electron chi connectivity index (χ4n) is 2.82. The molecule has 6 nitrogen and oxygen atoms in total. The molecular formula is C19H17N3O3. The van der Waals surface area contributed by atoms with Crippen LogP contribution in [0.4, 0.5) is 0 Å². The Morgan fingerprint density at radius 2 is 1.76 bits per heavy atom. The second-order valence-corrected chi connectivity index (χ2v) is 5.80. The van der Waals surface area contributed by atoms with Crippen LogP contribution < -0.4 is 0 Å². The molecule has 1 amide bonds.